The van der Waals surface area contributed by atoms with Gasteiger partial charge in [-0.05, 0) is 12.8 Å². The summed E-state index contributed by atoms with van der Waals surface area (Å²) in [6, 6.07) is 0. The van der Waals surface area contributed by atoms with E-state index in [1.807, 2.05) is 12.2 Å². The van der Waals surface area contributed by atoms with Gasteiger partial charge in [-0.2, -0.15) is 0 Å². The molecule has 0 saturated heterocycles. The van der Waals surface area contributed by atoms with Gasteiger partial charge in [0.05, 0.1) is 5.92 Å². The van der Waals surface area contributed by atoms with Crippen molar-refractivity contribution in [2.45, 2.75) is 52.4 Å². The van der Waals surface area contributed by atoms with Crippen LogP contribution in [-0.4, -0.2) is 11.1 Å². The average Bonchev–Trinajstić information content (AvgIpc) is 2.16. The Morgan fingerprint density at radius 1 is 1.29 bits per heavy atom. The number of hydrogen-bond donors (Lipinski definition) is 1. The maximum absolute atomic E-state index is 10.8. The quantitative estimate of drug-likeness (QED) is 0.477. The molecule has 0 radical (unpaired) electrons. The van der Waals surface area contributed by atoms with Crippen LogP contribution in [0.1, 0.15) is 52.4 Å². The summed E-state index contributed by atoms with van der Waals surface area (Å²) in [7, 11) is 0. The van der Waals surface area contributed by atoms with E-state index in [2.05, 4.69) is 13.8 Å². The first-order chi connectivity index (χ1) is 6.72. The molecule has 1 N–H and O–H groups in total. The number of unbranched alkanes of at least 4 members (excludes halogenated alkanes) is 3. The first kappa shape index (κ1) is 13.2. The van der Waals surface area contributed by atoms with E-state index in [0.29, 0.717) is 0 Å². The molecular weight excluding hydrogens is 176 g/mol. The van der Waals surface area contributed by atoms with E-state index < -0.39 is 5.97 Å². The first-order valence-corrected chi connectivity index (χ1v) is 5.61. The highest BCUT2D eigenvalue weighted by atomic mass is 16.4. The molecule has 0 fully saturated rings. The van der Waals surface area contributed by atoms with Gasteiger partial charge in [-0.3, -0.25) is 4.79 Å². The second kappa shape index (κ2) is 8.79. The van der Waals surface area contributed by atoms with Gasteiger partial charge < -0.3 is 5.11 Å². The molecular formula is C12H22O2. The van der Waals surface area contributed by atoms with Crippen LogP contribution in [0.4, 0.5) is 0 Å². The minimum Gasteiger partial charge on any atom is -0.481 e. The maximum atomic E-state index is 10.8. The lowest BCUT2D eigenvalue weighted by molar-refractivity contribution is -0.140. The standard InChI is InChI=1S/C12H22O2/c1-3-5-7-8-10-11(12(13)14)9-6-4-2/h8,10-11H,3-7,9H2,1-2H3,(H,13,14)/b10-8-. The Bertz CT molecular complexity index is 173. The lowest BCUT2D eigenvalue weighted by atomic mass is 10.0. The van der Waals surface area contributed by atoms with Crippen molar-refractivity contribution in [3.63, 3.8) is 0 Å². The summed E-state index contributed by atoms with van der Waals surface area (Å²) in [4.78, 5) is 10.8. The van der Waals surface area contributed by atoms with Crippen LogP contribution < -0.4 is 0 Å². The van der Waals surface area contributed by atoms with Crippen molar-refractivity contribution in [2.75, 3.05) is 0 Å². The van der Waals surface area contributed by atoms with Crippen molar-refractivity contribution in [1.82, 2.24) is 0 Å². The number of rotatable bonds is 8. The minimum atomic E-state index is -0.689. The second-order valence-corrected chi connectivity index (χ2v) is 3.66. The third-order valence-corrected chi connectivity index (χ3v) is 2.28. The van der Waals surface area contributed by atoms with Crippen LogP contribution in [-0.2, 0) is 4.79 Å². The van der Waals surface area contributed by atoms with Crippen LogP contribution in [0, 0.1) is 5.92 Å². The molecule has 1 unspecified atom stereocenters. The summed E-state index contributed by atoms with van der Waals surface area (Å²) in [6.07, 6.45) is 10.0. The lowest BCUT2D eigenvalue weighted by Crippen LogP contribution is -2.10. The largest absolute Gasteiger partial charge is 0.481 e. The van der Waals surface area contributed by atoms with Crippen molar-refractivity contribution in [1.29, 1.82) is 0 Å². The summed E-state index contributed by atoms with van der Waals surface area (Å²) in [5, 5.41) is 8.91. The smallest absolute Gasteiger partial charge is 0.310 e. The fourth-order valence-corrected chi connectivity index (χ4v) is 1.31. The van der Waals surface area contributed by atoms with Crippen molar-refractivity contribution >= 4 is 5.97 Å². The zero-order valence-electron chi connectivity index (χ0n) is 9.33. The Labute approximate surface area is 87.0 Å². The van der Waals surface area contributed by atoms with E-state index in [1.54, 1.807) is 0 Å². The molecule has 0 spiro atoms. The molecule has 14 heavy (non-hydrogen) atoms. The molecule has 0 bridgehead atoms. The highest BCUT2D eigenvalue weighted by Gasteiger charge is 2.11. The molecule has 0 amide bonds. The fourth-order valence-electron chi connectivity index (χ4n) is 1.31. The Morgan fingerprint density at radius 2 is 1.93 bits per heavy atom. The zero-order valence-corrected chi connectivity index (χ0v) is 9.33. The average molecular weight is 198 g/mol. The molecule has 0 aromatic carbocycles. The number of carboxylic acids is 1. The summed E-state index contributed by atoms with van der Waals surface area (Å²) in [5.74, 6) is -0.960. The van der Waals surface area contributed by atoms with Crippen LogP contribution in [0.5, 0.6) is 0 Å². The highest BCUT2D eigenvalue weighted by Crippen LogP contribution is 2.11. The minimum absolute atomic E-state index is 0.271. The molecule has 0 aromatic rings. The maximum Gasteiger partial charge on any atom is 0.310 e. The van der Waals surface area contributed by atoms with Crippen molar-refractivity contribution in [2.24, 2.45) is 5.92 Å². The number of carbonyl (C=O) groups is 1. The Morgan fingerprint density at radius 3 is 2.43 bits per heavy atom. The topological polar surface area (TPSA) is 37.3 Å². The third kappa shape index (κ3) is 6.70. The third-order valence-electron chi connectivity index (χ3n) is 2.28. The summed E-state index contributed by atoms with van der Waals surface area (Å²) in [5.41, 5.74) is 0. The van der Waals surface area contributed by atoms with E-state index in [4.69, 9.17) is 5.11 Å². The molecule has 0 aliphatic heterocycles. The molecule has 0 saturated carbocycles. The molecule has 0 aromatic heterocycles. The van der Waals surface area contributed by atoms with Gasteiger partial charge in [-0.1, -0.05) is 51.7 Å². The predicted octanol–water partition coefficient (Wildman–Crippen LogP) is 3.62. The number of allylic oxidation sites excluding steroid dienone is 1. The molecule has 1 atom stereocenters. The summed E-state index contributed by atoms with van der Waals surface area (Å²) >= 11 is 0. The Hall–Kier alpha value is -0.790. The number of hydrogen-bond acceptors (Lipinski definition) is 1. The number of aliphatic carboxylic acids is 1. The van der Waals surface area contributed by atoms with E-state index in [1.165, 1.54) is 0 Å². The van der Waals surface area contributed by atoms with Gasteiger partial charge in [0.2, 0.25) is 0 Å². The van der Waals surface area contributed by atoms with Gasteiger partial charge in [0.15, 0.2) is 0 Å². The van der Waals surface area contributed by atoms with Gasteiger partial charge in [-0.15, -0.1) is 0 Å². The van der Waals surface area contributed by atoms with Crippen LogP contribution in [0.15, 0.2) is 12.2 Å². The van der Waals surface area contributed by atoms with Gasteiger partial charge in [0, 0.05) is 0 Å². The molecule has 0 aliphatic carbocycles. The summed E-state index contributed by atoms with van der Waals surface area (Å²) < 4.78 is 0. The van der Waals surface area contributed by atoms with Crippen LogP contribution >= 0.6 is 0 Å². The van der Waals surface area contributed by atoms with E-state index in [9.17, 15) is 4.79 Å². The van der Waals surface area contributed by atoms with E-state index in [-0.39, 0.29) is 5.92 Å². The monoisotopic (exact) mass is 198 g/mol. The predicted molar refractivity (Wildman–Crippen MR) is 59.3 cm³/mol. The Balaban J connectivity index is 3.83. The zero-order chi connectivity index (χ0) is 10.8. The van der Waals surface area contributed by atoms with Crippen molar-refractivity contribution < 1.29 is 9.90 Å². The second-order valence-electron chi connectivity index (χ2n) is 3.66. The van der Waals surface area contributed by atoms with E-state index in [0.717, 1.165) is 38.5 Å². The normalized spacial score (nSPS) is 13.3. The highest BCUT2D eigenvalue weighted by molar-refractivity contribution is 5.72. The molecule has 0 heterocycles. The van der Waals surface area contributed by atoms with Gasteiger partial charge in [-0.25, -0.2) is 0 Å². The lowest BCUT2D eigenvalue weighted by Gasteiger charge is -2.05. The van der Waals surface area contributed by atoms with E-state index >= 15 is 0 Å². The van der Waals surface area contributed by atoms with Gasteiger partial charge >= 0.3 is 5.97 Å². The van der Waals surface area contributed by atoms with Crippen molar-refractivity contribution in [3.05, 3.63) is 12.2 Å². The molecule has 2 heteroatoms. The molecule has 82 valence electrons. The summed E-state index contributed by atoms with van der Waals surface area (Å²) in [6.45, 7) is 4.22. The van der Waals surface area contributed by atoms with Crippen LogP contribution in [0.3, 0.4) is 0 Å². The molecule has 0 aliphatic rings. The van der Waals surface area contributed by atoms with Gasteiger partial charge in [0.25, 0.3) is 0 Å². The Kier molecular flexibility index (Phi) is 8.30. The SMILES string of the molecule is CCCC/C=C\C(CCCC)C(=O)O. The number of carboxylic acid groups (broad SMARTS) is 1. The fraction of sp³-hybridized carbons (Fsp3) is 0.750. The van der Waals surface area contributed by atoms with Gasteiger partial charge in [0.1, 0.15) is 0 Å². The van der Waals surface area contributed by atoms with Crippen molar-refractivity contribution in [3.8, 4) is 0 Å². The van der Waals surface area contributed by atoms with Crippen LogP contribution in [0.2, 0.25) is 0 Å². The van der Waals surface area contributed by atoms with Crippen LogP contribution in [0.25, 0.3) is 0 Å². The molecule has 2 nitrogen and oxygen atoms in total. The first-order valence-electron chi connectivity index (χ1n) is 5.61. The molecule has 0 rings (SSSR count).